The van der Waals surface area contributed by atoms with E-state index in [1.807, 2.05) is 34.9 Å². The van der Waals surface area contributed by atoms with Crippen molar-refractivity contribution >= 4 is 17.1 Å². The maximum atomic E-state index is 4.89. The third-order valence-corrected chi connectivity index (χ3v) is 18.9. The van der Waals surface area contributed by atoms with Gasteiger partial charge in [-0.2, -0.15) is 5.10 Å². The van der Waals surface area contributed by atoms with Gasteiger partial charge in [0.2, 0.25) is 0 Å². The van der Waals surface area contributed by atoms with Gasteiger partial charge in [0.15, 0.2) is 0 Å². The van der Waals surface area contributed by atoms with Crippen LogP contribution in [-0.2, 0) is 44.9 Å². The molecular formula is C78H109N3. The molecule has 0 N–H and O–H groups in total. The van der Waals surface area contributed by atoms with E-state index in [0.717, 1.165) is 36.8 Å². The van der Waals surface area contributed by atoms with Gasteiger partial charge < -0.3 is 5.01 Å². The lowest BCUT2D eigenvalue weighted by molar-refractivity contribution is 0.437. The van der Waals surface area contributed by atoms with Crippen LogP contribution in [0.3, 0.4) is 0 Å². The van der Waals surface area contributed by atoms with E-state index in [1.165, 1.54) is 154 Å². The number of nitrogens with zero attached hydrogens (tertiary/aromatic N) is 3. The minimum atomic E-state index is 0.566. The molecule has 0 spiro atoms. The third-order valence-electron chi connectivity index (χ3n) is 18.9. The van der Waals surface area contributed by atoms with Crippen LogP contribution in [0.4, 0.5) is 5.69 Å². The summed E-state index contributed by atoms with van der Waals surface area (Å²) < 4.78 is 0. The maximum Gasteiger partial charge on any atom is 0.0703 e. The van der Waals surface area contributed by atoms with E-state index < -0.39 is 0 Å². The predicted octanol–water partition coefficient (Wildman–Crippen LogP) is 20.6. The van der Waals surface area contributed by atoms with Crippen molar-refractivity contribution in [1.29, 1.82) is 0 Å². The van der Waals surface area contributed by atoms with Gasteiger partial charge in [0.25, 0.3) is 0 Å². The van der Waals surface area contributed by atoms with Crippen LogP contribution >= 0.6 is 0 Å². The molecule has 0 unspecified atom stereocenters. The summed E-state index contributed by atoms with van der Waals surface area (Å²) in [5.41, 5.74) is 43.5. The highest BCUT2D eigenvalue weighted by atomic mass is 15.4. The van der Waals surface area contributed by atoms with Gasteiger partial charge in [-0.05, 0) is 353 Å². The summed E-state index contributed by atoms with van der Waals surface area (Å²) in [5.74, 6) is 8.36. The van der Waals surface area contributed by atoms with E-state index >= 15 is 0 Å². The summed E-state index contributed by atoms with van der Waals surface area (Å²) in [4.78, 5) is 4.89. The fourth-order valence-corrected chi connectivity index (χ4v) is 11.8. The second-order valence-electron chi connectivity index (χ2n) is 25.6. The van der Waals surface area contributed by atoms with Gasteiger partial charge in [-0.3, -0.25) is 4.99 Å². The average Bonchev–Trinajstić information content (AvgIpc) is 4.33. The number of aryl methyl sites for hydroxylation is 6. The lowest BCUT2D eigenvalue weighted by Gasteiger charge is -2.15. The molecule has 4 aliphatic rings. The number of rotatable bonds is 4. The van der Waals surface area contributed by atoms with Crippen molar-refractivity contribution < 1.29 is 0 Å². The first-order chi connectivity index (χ1) is 37.8. The summed E-state index contributed by atoms with van der Waals surface area (Å²) >= 11 is 0. The zero-order valence-corrected chi connectivity index (χ0v) is 56.6. The first kappa shape index (κ1) is 67.5. The largest absolute Gasteiger partial charge is 0.303 e. The van der Waals surface area contributed by atoms with Crippen LogP contribution in [-0.4, -0.2) is 30.5 Å². The van der Waals surface area contributed by atoms with Crippen LogP contribution in [0.1, 0.15) is 200 Å². The van der Waals surface area contributed by atoms with E-state index in [0.29, 0.717) is 5.92 Å². The lowest BCUT2D eigenvalue weighted by atomic mass is 9.90. The molecule has 0 amide bonds. The van der Waals surface area contributed by atoms with Gasteiger partial charge in [-0.15, -0.1) is 5.92 Å². The summed E-state index contributed by atoms with van der Waals surface area (Å²) in [5, 5.41) is 5.81. The van der Waals surface area contributed by atoms with Crippen molar-refractivity contribution in [3.63, 3.8) is 0 Å². The Kier molecular flexibility index (Phi) is 24.9. The third kappa shape index (κ3) is 17.5. The molecule has 9 rings (SSSR count). The molecule has 3 aliphatic carbocycles. The lowest BCUT2D eigenvalue weighted by Crippen LogP contribution is -2.03. The van der Waals surface area contributed by atoms with Crippen molar-refractivity contribution in [3.05, 3.63) is 199 Å². The molecule has 0 radical (unpaired) electrons. The van der Waals surface area contributed by atoms with E-state index in [1.54, 1.807) is 38.4 Å². The fourth-order valence-electron chi connectivity index (χ4n) is 11.8. The summed E-state index contributed by atoms with van der Waals surface area (Å²) in [6.07, 6.45) is 8.29. The Morgan fingerprint density at radius 3 is 1.12 bits per heavy atom. The predicted molar refractivity (Wildman–Crippen MR) is 360 cm³/mol. The number of hydrazone groups is 1. The molecule has 0 bridgehead atoms. The first-order valence-corrected chi connectivity index (χ1v) is 30.3. The number of hydrogen-bond acceptors (Lipinski definition) is 3. The molecule has 0 atom stereocenters. The average molecular weight is 1090 g/mol. The standard InChI is InChI=1S/C18H26.C17H23N.C16H22.C14H16.C8H10.C5H12N2/c1-10(2)11(3)16-8-17-14(6)12(4)13(5)15(7)18(17)9-16;1-9(2)10(3)16-8-15-13(6)11(4)12(5)14(7)17(15)18-16;1-10(2)13(5)14-8-15-6-11(3)12(4)7-16(15)9-14;1-4-5-12-8-13-6-10(2)11(3)7-14(13)9-12;1-7-5-3-4-6-8(7)2;1-5(2)6-7(3)4/h16H,8-9H2,1-7H3;8H2,1-7H3;6-7,14H,8-9H2,1-5H3;6-7,12H,8-9H2,1-3H3;3-6H,1-2H3;1-4H3. The Hall–Kier alpha value is -5.98. The molecule has 436 valence electrons. The first-order valence-electron chi connectivity index (χ1n) is 30.3. The number of fused-ring (bicyclic) bond motifs is 4. The highest BCUT2D eigenvalue weighted by Gasteiger charge is 2.28. The molecule has 3 heteroatoms. The Labute approximate surface area is 497 Å². The topological polar surface area (TPSA) is 28.0 Å². The number of hydrogen-bond donors (Lipinski definition) is 0. The number of allylic oxidation sites excluding steroid dienone is 6. The highest BCUT2D eigenvalue weighted by Crippen LogP contribution is 2.41. The molecular weight excluding hydrogens is 979 g/mol. The molecule has 1 heterocycles. The smallest absolute Gasteiger partial charge is 0.0703 e. The molecule has 3 nitrogen and oxygen atoms in total. The van der Waals surface area contributed by atoms with Crippen LogP contribution in [0.2, 0.25) is 0 Å². The van der Waals surface area contributed by atoms with Crippen LogP contribution in [0.15, 0.2) is 92.1 Å². The Bertz CT molecular complexity index is 3160. The van der Waals surface area contributed by atoms with Gasteiger partial charge in [0.05, 0.1) is 5.69 Å². The van der Waals surface area contributed by atoms with E-state index in [9.17, 15) is 0 Å². The monoisotopic (exact) mass is 1090 g/mol. The molecule has 0 saturated heterocycles. The molecule has 1 aliphatic heterocycles. The Morgan fingerprint density at radius 2 is 0.802 bits per heavy atom. The molecule has 5 aromatic carbocycles. The minimum absolute atomic E-state index is 0.566. The number of benzene rings is 5. The fraction of sp³-hybridized carbons (Fsp3) is 0.487. The quantitative estimate of drug-likeness (QED) is 0.0763. The summed E-state index contributed by atoms with van der Waals surface area (Å²) in [7, 11) is 3.82. The minimum Gasteiger partial charge on any atom is -0.303 e. The molecule has 0 fully saturated rings. The molecule has 0 saturated carbocycles. The van der Waals surface area contributed by atoms with Crippen molar-refractivity contribution in [3.8, 4) is 11.8 Å². The van der Waals surface area contributed by atoms with Crippen molar-refractivity contribution in [2.45, 2.75) is 225 Å². The van der Waals surface area contributed by atoms with Crippen LogP contribution < -0.4 is 0 Å². The highest BCUT2D eigenvalue weighted by molar-refractivity contribution is 6.07. The zero-order chi connectivity index (χ0) is 61.1. The van der Waals surface area contributed by atoms with Crippen molar-refractivity contribution in [1.82, 2.24) is 5.01 Å². The van der Waals surface area contributed by atoms with Crippen LogP contribution in [0.25, 0.3) is 0 Å². The summed E-state index contributed by atoms with van der Waals surface area (Å²) in [6, 6.07) is 17.8. The molecule has 5 aromatic rings. The SMILES string of the molecule is CC#CC1Cc2cc(C)c(C)cc2C1.CC(C)=C(C)C1=Nc2c(C)c(C)c(C)c(C)c2C1.CC(C)=C(C)C1Cc2c(C)c(C)c(C)c(C)c2C1.CC(C)=C(C)C1Cc2cc(C)c(C)cc2C1.CC(C)=NN(C)C.Cc1ccccc1C. The zero-order valence-electron chi connectivity index (χ0n) is 56.6. The van der Waals surface area contributed by atoms with Crippen LogP contribution in [0.5, 0.6) is 0 Å². The normalized spacial score (nSPS) is 13.4. The van der Waals surface area contributed by atoms with Gasteiger partial charge in [0.1, 0.15) is 0 Å². The van der Waals surface area contributed by atoms with Gasteiger partial charge >= 0.3 is 0 Å². The van der Waals surface area contributed by atoms with Crippen molar-refractivity contribution in [2.24, 2.45) is 27.8 Å². The van der Waals surface area contributed by atoms with Crippen LogP contribution in [0, 0.1) is 127 Å². The second kappa shape index (κ2) is 29.8. The number of aliphatic imine (C=N–C) groups is 1. The Morgan fingerprint density at radius 1 is 0.444 bits per heavy atom. The van der Waals surface area contributed by atoms with Gasteiger partial charge in [-0.25, -0.2) is 0 Å². The summed E-state index contributed by atoms with van der Waals surface area (Å²) in [6.45, 7) is 57.0. The van der Waals surface area contributed by atoms with E-state index in [2.05, 4.69) is 225 Å². The van der Waals surface area contributed by atoms with E-state index in [4.69, 9.17) is 4.99 Å². The second-order valence-corrected chi connectivity index (χ2v) is 25.6. The van der Waals surface area contributed by atoms with Gasteiger partial charge in [-0.1, -0.05) is 82.3 Å². The van der Waals surface area contributed by atoms with Crippen molar-refractivity contribution in [2.75, 3.05) is 14.1 Å². The molecule has 0 aromatic heterocycles. The molecule has 81 heavy (non-hydrogen) atoms. The Balaban J connectivity index is 0.000000215. The van der Waals surface area contributed by atoms with Gasteiger partial charge in [0, 0.05) is 37.9 Å². The van der Waals surface area contributed by atoms with E-state index in [-0.39, 0.29) is 0 Å². The maximum absolute atomic E-state index is 4.89.